The first-order chi connectivity index (χ1) is 13.8. The topological polar surface area (TPSA) is 81.5 Å². The monoisotopic (exact) mass is 376 g/mol. The van der Waals surface area contributed by atoms with Gasteiger partial charge in [-0.2, -0.15) is 10.2 Å². The maximum Gasteiger partial charge on any atom is 0.155 e. The van der Waals surface area contributed by atoms with Crippen LogP contribution in [-0.2, 0) is 17.9 Å². The number of hydrogen-bond donors (Lipinski definition) is 1. The first-order valence-corrected chi connectivity index (χ1v) is 9.39. The second-order valence-electron chi connectivity index (χ2n) is 7.39. The average Bonchev–Trinajstić information content (AvgIpc) is 3.33. The van der Waals surface area contributed by atoms with Gasteiger partial charge in [-0.3, -0.25) is 14.8 Å². The smallest absolute Gasteiger partial charge is 0.155 e. The molecule has 1 atom stereocenters. The minimum absolute atomic E-state index is 0.209. The summed E-state index contributed by atoms with van der Waals surface area (Å²) in [5.74, 6) is 0.266. The predicted octanol–water partition coefficient (Wildman–Crippen LogP) is 3.33. The van der Waals surface area contributed by atoms with Gasteiger partial charge < -0.3 is 4.74 Å². The van der Waals surface area contributed by atoms with Crippen LogP contribution in [0.3, 0.4) is 0 Å². The molecule has 0 amide bonds. The van der Waals surface area contributed by atoms with Crippen LogP contribution in [0.2, 0.25) is 0 Å². The van der Waals surface area contributed by atoms with Gasteiger partial charge in [0.1, 0.15) is 11.5 Å². The van der Waals surface area contributed by atoms with Crippen molar-refractivity contribution in [1.29, 1.82) is 0 Å². The molecule has 0 radical (unpaired) electrons. The van der Waals surface area contributed by atoms with Crippen LogP contribution in [0.25, 0.3) is 33.5 Å². The van der Waals surface area contributed by atoms with Crippen LogP contribution in [0.1, 0.15) is 18.5 Å². The molecule has 7 nitrogen and oxygen atoms in total. The summed E-state index contributed by atoms with van der Waals surface area (Å²) in [6, 6.07) is 5.03. The van der Waals surface area contributed by atoms with Gasteiger partial charge >= 0.3 is 0 Å². The predicted molar refractivity (Wildman–Crippen MR) is 99.6 cm³/mol. The quantitative estimate of drug-likeness (QED) is 0.593. The summed E-state index contributed by atoms with van der Waals surface area (Å²) < 4.78 is 21.6. The van der Waals surface area contributed by atoms with E-state index in [4.69, 9.17) is 9.84 Å². The zero-order valence-corrected chi connectivity index (χ0v) is 15.0. The highest BCUT2D eigenvalue weighted by atomic mass is 19.1. The summed E-state index contributed by atoms with van der Waals surface area (Å²) in [7, 11) is 0. The number of aromatic amines is 1. The van der Waals surface area contributed by atoms with Crippen molar-refractivity contribution in [2.75, 3.05) is 0 Å². The summed E-state index contributed by atoms with van der Waals surface area (Å²) in [6.45, 7) is 1.22. The summed E-state index contributed by atoms with van der Waals surface area (Å²) in [6.07, 6.45) is 7.39. The Morgan fingerprint density at radius 1 is 1.14 bits per heavy atom. The average molecular weight is 376 g/mol. The van der Waals surface area contributed by atoms with Gasteiger partial charge in [-0.1, -0.05) is 0 Å². The van der Waals surface area contributed by atoms with Gasteiger partial charge in [0.05, 0.1) is 43.0 Å². The molecule has 4 aromatic heterocycles. The van der Waals surface area contributed by atoms with Gasteiger partial charge in [0.25, 0.3) is 0 Å². The first-order valence-electron chi connectivity index (χ1n) is 9.39. The standard InChI is InChI=1S/C20H17FN6O/c21-12-3-4-15(23-7-12)19-18(13-5-6-22-20-14(13)8-24-25-20)16-10-28-17(11-1-2-11)9-27(16)26-19/h3-8,11,17H,1-2,9-10H2,(H,22,24,25)/t17-/m0/s1. The molecule has 6 rings (SSSR count). The fraction of sp³-hybridized carbons (Fsp3) is 0.300. The molecule has 8 heteroatoms. The number of rotatable bonds is 3. The molecule has 1 saturated carbocycles. The molecule has 0 spiro atoms. The molecule has 0 unspecified atom stereocenters. The van der Waals surface area contributed by atoms with Gasteiger partial charge in [0, 0.05) is 22.7 Å². The lowest BCUT2D eigenvalue weighted by Crippen LogP contribution is -2.29. The number of pyridine rings is 2. The number of ether oxygens (including phenoxy) is 1. The third kappa shape index (κ3) is 2.45. The third-order valence-corrected chi connectivity index (χ3v) is 5.59. The molecule has 1 N–H and O–H groups in total. The normalized spacial score (nSPS) is 19.1. The summed E-state index contributed by atoms with van der Waals surface area (Å²) in [5.41, 5.74) is 4.99. The Balaban J connectivity index is 1.57. The van der Waals surface area contributed by atoms with Gasteiger partial charge in [-0.15, -0.1) is 0 Å². The van der Waals surface area contributed by atoms with Crippen molar-refractivity contribution in [3.05, 3.63) is 48.3 Å². The van der Waals surface area contributed by atoms with Crippen LogP contribution in [0.15, 0.2) is 36.8 Å². The van der Waals surface area contributed by atoms with E-state index in [2.05, 4.69) is 20.2 Å². The Hall–Kier alpha value is -3.13. The zero-order chi connectivity index (χ0) is 18.7. The zero-order valence-electron chi connectivity index (χ0n) is 15.0. The summed E-state index contributed by atoms with van der Waals surface area (Å²) >= 11 is 0. The highest BCUT2D eigenvalue weighted by Gasteiger charge is 2.37. The van der Waals surface area contributed by atoms with Crippen molar-refractivity contribution < 1.29 is 9.13 Å². The number of nitrogens with zero attached hydrogens (tertiary/aromatic N) is 5. The van der Waals surface area contributed by atoms with Crippen LogP contribution in [0, 0.1) is 11.7 Å². The molecule has 5 heterocycles. The Morgan fingerprint density at radius 3 is 2.89 bits per heavy atom. The number of H-pyrrole nitrogens is 1. The number of nitrogens with one attached hydrogen (secondary N) is 1. The molecule has 28 heavy (non-hydrogen) atoms. The Kier molecular flexibility index (Phi) is 3.37. The number of hydrogen-bond acceptors (Lipinski definition) is 5. The fourth-order valence-corrected chi connectivity index (χ4v) is 4.00. The van der Waals surface area contributed by atoms with Gasteiger partial charge in [0.2, 0.25) is 0 Å². The van der Waals surface area contributed by atoms with E-state index in [0.717, 1.165) is 34.4 Å². The Labute approximate surface area is 159 Å². The third-order valence-electron chi connectivity index (χ3n) is 5.59. The molecule has 2 aliphatic rings. The fourth-order valence-electron chi connectivity index (χ4n) is 4.00. The van der Waals surface area contributed by atoms with E-state index in [-0.39, 0.29) is 11.9 Å². The van der Waals surface area contributed by atoms with Crippen molar-refractivity contribution in [3.63, 3.8) is 0 Å². The van der Waals surface area contributed by atoms with Crippen LogP contribution < -0.4 is 0 Å². The SMILES string of the molecule is Fc1ccc(-c2nn3c(c2-c2ccnc4[nH]ncc24)CO[C@H](C2CC2)C3)nc1. The van der Waals surface area contributed by atoms with E-state index in [1.807, 2.05) is 10.7 Å². The number of fused-ring (bicyclic) bond motifs is 2. The minimum Gasteiger partial charge on any atom is -0.370 e. The van der Waals surface area contributed by atoms with E-state index in [9.17, 15) is 4.39 Å². The minimum atomic E-state index is -0.368. The maximum absolute atomic E-state index is 13.4. The Bertz CT molecular complexity index is 1180. The molecule has 1 fully saturated rings. The largest absolute Gasteiger partial charge is 0.370 e. The van der Waals surface area contributed by atoms with Crippen molar-refractivity contribution >= 4 is 11.0 Å². The van der Waals surface area contributed by atoms with Crippen molar-refractivity contribution in [1.82, 2.24) is 29.9 Å². The lowest BCUT2D eigenvalue weighted by atomic mass is 9.99. The maximum atomic E-state index is 13.4. The second kappa shape index (κ2) is 5.93. The van der Waals surface area contributed by atoms with Crippen molar-refractivity contribution in [2.24, 2.45) is 5.92 Å². The number of aromatic nitrogens is 6. The van der Waals surface area contributed by atoms with Crippen LogP contribution >= 0.6 is 0 Å². The van der Waals surface area contributed by atoms with Gasteiger partial charge in [-0.05, 0) is 37.0 Å². The highest BCUT2D eigenvalue weighted by Crippen LogP contribution is 2.42. The molecular weight excluding hydrogens is 359 g/mol. The first kappa shape index (κ1) is 15.9. The molecule has 0 saturated heterocycles. The van der Waals surface area contributed by atoms with Crippen molar-refractivity contribution in [2.45, 2.75) is 32.1 Å². The van der Waals surface area contributed by atoms with E-state index in [1.165, 1.54) is 25.1 Å². The lowest BCUT2D eigenvalue weighted by Gasteiger charge is -2.24. The van der Waals surface area contributed by atoms with Crippen LogP contribution in [0.5, 0.6) is 0 Å². The Morgan fingerprint density at radius 2 is 2.07 bits per heavy atom. The molecular formula is C20H17FN6O. The summed E-state index contributed by atoms with van der Waals surface area (Å²) in [5, 5.41) is 12.8. The second-order valence-corrected chi connectivity index (χ2v) is 7.39. The van der Waals surface area contributed by atoms with Gasteiger partial charge in [0.15, 0.2) is 5.65 Å². The van der Waals surface area contributed by atoms with E-state index in [0.29, 0.717) is 23.9 Å². The molecule has 0 aromatic carbocycles. The van der Waals surface area contributed by atoms with E-state index >= 15 is 0 Å². The molecule has 140 valence electrons. The summed E-state index contributed by atoms with van der Waals surface area (Å²) in [4.78, 5) is 8.62. The highest BCUT2D eigenvalue weighted by molar-refractivity contribution is 5.97. The molecule has 1 aliphatic heterocycles. The van der Waals surface area contributed by atoms with Crippen LogP contribution in [0.4, 0.5) is 4.39 Å². The van der Waals surface area contributed by atoms with E-state index < -0.39 is 0 Å². The lowest BCUT2D eigenvalue weighted by molar-refractivity contribution is -0.0124. The van der Waals surface area contributed by atoms with Crippen molar-refractivity contribution in [3.8, 4) is 22.5 Å². The molecule has 4 aromatic rings. The molecule has 1 aliphatic carbocycles. The van der Waals surface area contributed by atoms with Crippen LogP contribution in [-0.4, -0.2) is 36.0 Å². The van der Waals surface area contributed by atoms with E-state index in [1.54, 1.807) is 18.5 Å². The molecule has 0 bridgehead atoms. The number of halogens is 1. The van der Waals surface area contributed by atoms with Gasteiger partial charge in [-0.25, -0.2) is 9.37 Å².